The topological polar surface area (TPSA) is 50.2 Å². The largest absolute Gasteiger partial charge is 0.512 e. The SMILES string of the molecule is CC(C)(C)C(=O)/C=C(\O)C(C)(C)C.CCC(C)c1ccc2cnc(-c3[c-]c(C)cc(C(C)(C)C)c3)cc2c1.[Ir]. The van der Waals surface area contributed by atoms with Gasteiger partial charge in [-0.05, 0) is 39.8 Å². The third-order valence-electron chi connectivity index (χ3n) is 6.85. The molecule has 1 atom stereocenters. The standard InChI is InChI=1S/C24H28N.C11H20O2.Ir/c1-7-17(3)18-8-9-19-15-25-23(14-20(19)12-18)21-10-16(2)11-22(13-21)24(4,5)6;1-10(2,3)8(12)7-9(13)11(4,5)6;/h8-9,11-15,17H,7H2,1-6H3;7,12H,1-6H3;/q-1;;/b;8-7-;. The molecule has 0 amide bonds. The number of rotatable bonds is 4. The molecule has 0 bridgehead atoms. The molecule has 4 heteroatoms. The van der Waals surface area contributed by atoms with Crippen LogP contribution in [-0.2, 0) is 30.3 Å². The van der Waals surface area contributed by atoms with Gasteiger partial charge in [0, 0.05) is 43.2 Å². The molecule has 1 heterocycles. The van der Waals surface area contributed by atoms with Crippen molar-refractivity contribution >= 4 is 16.6 Å². The first-order chi connectivity index (χ1) is 17.3. The van der Waals surface area contributed by atoms with E-state index in [0.29, 0.717) is 5.92 Å². The van der Waals surface area contributed by atoms with Gasteiger partial charge >= 0.3 is 0 Å². The van der Waals surface area contributed by atoms with Crippen LogP contribution in [0.15, 0.2) is 54.4 Å². The van der Waals surface area contributed by atoms with E-state index in [9.17, 15) is 9.90 Å². The summed E-state index contributed by atoms with van der Waals surface area (Å²) in [4.78, 5) is 16.2. The molecule has 0 spiro atoms. The number of aryl methyl sites for hydroxylation is 1. The number of aliphatic hydroxyl groups is 1. The van der Waals surface area contributed by atoms with Gasteiger partial charge in [-0.1, -0.05) is 107 Å². The number of pyridine rings is 1. The molecule has 1 N–H and O–H groups in total. The van der Waals surface area contributed by atoms with E-state index < -0.39 is 5.41 Å². The van der Waals surface area contributed by atoms with Crippen molar-refractivity contribution in [2.24, 2.45) is 10.8 Å². The molecule has 0 aliphatic carbocycles. The van der Waals surface area contributed by atoms with Crippen molar-refractivity contribution in [2.75, 3.05) is 0 Å². The third-order valence-corrected chi connectivity index (χ3v) is 6.85. The van der Waals surface area contributed by atoms with Crippen molar-refractivity contribution in [1.82, 2.24) is 4.98 Å². The van der Waals surface area contributed by atoms with Crippen LogP contribution in [0, 0.1) is 23.8 Å². The predicted octanol–water partition coefficient (Wildman–Crippen LogP) is 9.91. The fourth-order valence-electron chi connectivity index (χ4n) is 3.69. The summed E-state index contributed by atoms with van der Waals surface area (Å²) in [6.07, 6.45) is 4.47. The van der Waals surface area contributed by atoms with E-state index in [1.54, 1.807) is 0 Å². The van der Waals surface area contributed by atoms with Gasteiger partial charge in [0.15, 0.2) is 5.78 Å². The summed E-state index contributed by atoms with van der Waals surface area (Å²) in [7, 11) is 0. The van der Waals surface area contributed by atoms with Crippen molar-refractivity contribution in [3.63, 3.8) is 0 Å². The van der Waals surface area contributed by atoms with Gasteiger partial charge < -0.3 is 10.1 Å². The Balaban J connectivity index is 0.000000466. The number of aromatic nitrogens is 1. The Labute approximate surface area is 250 Å². The van der Waals surface area contributed by atoms with Crippen molar-refractivity contribution < 1.29 is 30.0 Å². The Kier molecular flexibility index (Phi) is 11.9. The van der Waals surface area contributed by atoms with Gasteiger partial charge in [-0.15, -0.1) is 34.9 Å². The number of allylic oxidation sites excluding steroid dienone is 2. The molecule has 1 radical (unpaired) electrons. The molecule has 0 saturated carbocycles. The molecule has 3 aromatic rings. The molecule has 0 aliphatic rings. The number of nitrogens with zero attached hydrogens (tertiary/aromatic N) is 1. The maximum Gasteiger partial charge on any atom is 0.164 e. The van der Waals surface area contributed by atoms with Gasteiger partial charge in [-0.25, -0.2) is 0 Å². The fourth-order valence-corrected chi connectivity index (χ4v) is 3.69. The van der Waals surface area contributed by atoms with Gasteiger partial charge in [-0.3, -0.25) is 4.79 Å². The molecule has 39 heavy (non-hydrogen) atoms. The van der Waals surface area contributed by atoms with Crippen LogP contribution in [0.25, 0.3) is 22.0 Å². The van der Waals surface area contributed by atoms with Gasteiger partial charge in [0.05, 0.1) is 0 Å². The number of fused-ring (bicyclic) bond motifs is 1. The summed E-state index contributed by atoms with van der Waals surface area (Å²) in [6, 6.07) is 16.9. The molecular formula is C35H48IrNO2-. The van der Waals surface area contributed by atoms with Crippen LogP contribution in [0.5, 0.6) is 0 Å². The molecule has 1 aromatic heterocycles. The summed E-state index contributed by atoms with van der Waals surface area (Å²) < 4.78 is 0. The van der Waals surface area contributed by atoms with E-state index in [1.807, 2.05) is 47.7 Å². The minimum atomic E-state index is -0.417. The zero-order valence-electron chi connectivity index (χ0n) is 26.0. The van der Waals surface area contributed by atoms with E-state index >= 15 is 0 Å². The maximum atomic E-state index is 11.5. The van der Waals surface area contributed by atoms with Crippen molar-refractivity contribution in [3.8, 4) is 11.3 Å². The van der Waals surface area contributed by atoms with E-state index in [-0.39, 0.29) is 42.5 Å². The molecule has 3 rings (SSSR count). The fraction of sp³-hybridized carbons (Fsp3) is 0.486. The minimum absolute atomic E-state index is 0. The Morgan fingerprint density at radius 2 is 1.56 bits per heavy atom. The van der Waals surface area contributed by atoms with Crippen LogP contribution in [0.2, 0.25) is 0 Å². The number of aliphatic hydroxyl groups excluding tert-OH is 1. The number of hydrogen-bond acceptors (Lipinski definition) is 3. The number of carbonyl (C=O) groups is 1. The quantitative estimate of drug-likeness (QED) is 0.167. The number of benzene rings is 2. The van der Waals surface area contributed by atoms with Gasteiger partial charge in [0.2, 0.25) is 0 Å². The smallest absolute Gasteiger partial charge is 0.164 e. The Bertz CT molecular complexity index is 1300. The van der Waals surface area contributed by atoms with Crippen LogP contribution < -0.4 is 0 Å². The second-order valence-electron chi connectivity index (χ2n) is 13.6. The Morgan fingerprint density at radius 1 is 0.949 bits per heavy atom. The zero-order chi connectivity index (χ0) is 29.1. The van der Waals surface area contributed by atoms with Gasteiger partial charge in [0.1, 0.15) is 5.76 Å². The van der Waals surface area contributed by atoms with Crippen LogP contribution >= 0.6 is 0 Å². The van der Waals surface area contributed by atoms with Crippen LogP contribution in [0.3, 0.4) is 0 Å². The zero-order valence-corrected chi connectivity index (χ0v) is 28.4. The number of hydrogen-bond donors (Lipinski definition) is 1. The van der Waals surface area contributed by atoms with Crippen molar-refractivity contribution in [2.45, 2.75) is 101 Å². The van der Waals surface area contributed by atoms with Gasteiger partial charge in [-0.2, -0.15) is 0 Å². The second-order valence-corrected chi connectivity index (χ2v) is 13.6. The average molecular weight is 707 g/mol. The van der Waals surface area contributed by atoms with E-state index in [1.165, 1.54) is 28.0 Å². The molecule has 0 fully saturated rings. The monoisotopic (exact) mass is 707 g/mol. The van der Waals surface area contributed by atoms with Crippen LogP contribution in [-0.4, -0.2) is 15.9 Å². The summed E-state index contributed by atoms with van der Waals surface area (Å²) in [6.45, 7) is 24.5. The molecule has 0 aliphatic heterocycles. The summed E-state index contributed by atoms with van der Waals surface area (Å²) in [5.74, 6) is 0.686. The Hall–Kier alpha value is -2.29. The minimum Gasteiger partial charge on any atom is -0.512 e. The average Bonchev–Trinajstić information content (AvgIpc) is 2.81. The number of ketones is 1. The first-order valence-electron chi connectivity index (χ1n) is 13.7. The third kappa shape index (κ3) is 10.00. The van der Waals surface area contributed by atoms with E-state index in [0.717, 1.165) is 23.2 Å². The molecule has 2 aromatic carbocycles. The molecule has 1 unspecified atom stereocenters. The van der Waals surface area contributed by atoms with E-state index in [4.69, 9.17) is 4.98 Å². The van der Waals surface area contributed by atoms with Crippen LogP contribution in [0.4, 0.5) is 0 Å². The second kappa shape index (κ2) is 13.4. The van der Waals surface area contributed by atoms with Crippen molar-refractivity contribution in [1.29, 1.82) is 0 Å². The maximum absolute atomic E-state index is 11.5. The molecule has 215 valence electrons. The summed E-state index contributed by atoms with van der Waals surface area (Å²) >= 11 is 0. The first-order valence-corrected chi connectivity index (χ1v) is 13.7. The van der Waals surface area contributed by atoms with Crippen LogP contribution in [0.1, 0.15) is 105 Å². The number of carbonyl (C=O) groups excluding carboxylic acids is 1. The molecule has 3 nitrogen and oxygen atoms in total. The summed E-state index contributed by atoms with van der Waals surface area (Å²) in [5.41, 5.74) is 5.33. The summed E-state index contributed by atoms with van der Waals surface area (Å²) in [5, 5.41) is 12.0. The normalized spacial score (nSPS) is 13.3. The predicted molar refractivity (Wildman–Crippen MR) is 163 cm³/mol. The Morgan fingerprint density at radius 3 is 2.08 bits per heavy atom. The van der Waals surface area contributed by atoms with E-state index in [2.05, 4.69) is 84.0 Å². The van der Waals surface area contributed by atoms with Crippen molar-refractivity contribution in [3.05, 3.63) is 77.2 Å². The van der Waals surface area contributed by atoms with Gasteiger partial charge in [0.25, 0.3) is 0 Å². The first kappa shape index (κ1) is 34.7. The molecule has 0 saturated heterocycles. The molecular weight excluding hydrogens is 659 g/mol.